The molecule has 3 rings (SSSR count). The van der Waals surface area contributed by atoms with Crippen molar-refractivity contribution >= 4 is 28.1 Å². The molecule has 0 atom stereocenters. The van der Waals surface area contributed by atoms with Crippen molar-refractivity contribution in [2.45, 2.75) is 41.0 Å². The molecule has 0 radical (unpaired) electrons. The maximum Gasteiger partial charge on any atom is 0.573 e. The van der Waals surface area contributed by atoms with E-state index in [1.54, 1.807) is 6.92 Å². The van der Waals surface area contributed by atoms with Crippen LogP contribution in [0, 0.1) is 20.8 Å². The summed E-state index contributed by atoms with van der Waals surface area (Å²) in [6.07, 6.45) is -3.35. The van der Waals surface area contributed by atoms with E-state index in [4.69, 9.17) is 9.15 Å². The molecule has 170 valence electrons. The molecule has 1 amide bonds. The fourth-order valence-corrected chi connectivity index (χ4v) is 3.43. The maximum absolute atomic E-state index is 12.5. The molecule has 8 heteroatoms. The van der Waals surface area contributed by atoms with Gasteiger partial charge in [0.05, 0.1) is 6.61 Å². The molecule has 0 fully saturated rings. The molecule has 2 aromatic carbocycles. The average Bonchev–Trinajstić information content (AvgIpc) is 2.99. The molecule has 0 saturated heterocycles. The molecule has 0 spiro atoms. The molecule has 0 aliphatic carbocycles. The molecule has 1 N–H and O–H groups in total. The van der Waals surface area contributed by atoms with E-state index < -0.39 is 12.3 Å². The smallest absolute Gasteiger partial charge is 0.493 e. The number of fused-ring (bicyclic) bond motifs is 1. The van der Waals surface area contributed by atoms with Crippen LogP contribution in [0.1, 0.15) is 36.3 Å². The van der Waals surface area contributed by atoms with Gasteiger partial charge in [-0.2, -0.15) is 0 Å². The number of anilines is 1. The van der Waals surface area contributed by atoms with Crippen LogP contribution in [0.5, 0.6) is 11.5 Å². The van der Waals surface area contributed by atoms with Crippen molar-refractivity contribution in [3.05, 3.63) is 58.9 Å². The Morgan fingerprint density at radius 1 is 1.12 bits per heavy atom. The van der Waals surface area contributed by atoms with E-state index >= 15 is 0 Å². The number of allylic oxidation sites excluding steroid dienone is 1. The van der Waals surface area contributed by atoms with Crippen LogP contribution < -0.4 is 14.8 Å². The second-order valence-corrected chi connectivity index (χ2v) is 7.36. The van der Waals surface area contributed by atoms with Crippen molar-refractivity contribution in [3.63, 3.8) is 0 Å². The van der Waals surface area contributed by atoms with Gasteiger partial charge in [-0.05, 0) is 76.1 Å². The number of nitrogens with one attached hydrogen (secondary N) is 1. The van der Waals surface area contributed by atoms with Gasteiger partial charge in [-0.15, -0.1) is 13.2 Å². The number of halogens is 3. The van der Waals surface area contributed by atoms with Crippen molar-refractivity contribution in [2.24, 2.45) is 0 Å². The van der Waals surface area contributed by atoms with Crippen LogP contribution in [0.15, 0.2) is 40.8 Å². The zero-order valence-electron chi connectivity index (χ0n) is 18.4. The van der Waals surface area contributed by atoms with Crippen molar-refractivity contribution < 1.29 is 31.9 Å². The van der Waals surface area contributed by atoms with E-state index in [1.807, 2.05) is 33.8 Å². The van der Waals surface area contributed by atoms with Crippen LogP contribution in [-0.2, 0) is 4.79 Å². The predicted octanol–water partition coefficient (Wildman–Crippen LogP) is 6.70. The van der Waals surface area contributed by atoms with Crippen LogP contribution in [-0.4, -0.2) is 18.9 Å². The number of aryl methyl sites for hydroxylation is 3. The summed E-state index contributed by atoms with van der Waals surface area (Å²) in [5, 5.41) is 3.59. The third-order valence-corrected chi connectivity index (χ3v) is 5.06. The number of hydrogen-bond acceptors (Lipinski definition) is 4. The van der Waals surface area contributed by atoms with E-state index in [1.165, 1.54) is 18.2 Å². The van der Waals surface area contributed by atoms with Crippen LogP contribution in [0.4, 0.5) is 18.9 Å². The Hall–Kier alpha value is -3.42. The number of carbonyl (C=O) groups excluding carboxylic acids is 1. The summed E-state index contributed by atoms with van der Waals surface area (Å²) in [7, 11) is 0. The number of ether oxygens (including phenoxy) is 2. The second kappa shape index (κ2) is 8.98. The lowest BCUT2D eigenvalue weighted by molar-refractivity contribution is -0.274. The summed E-state index contributed by atoms with van der Waals surface area (Å²) >= 11 is 0. The molecule has 0 aliphatic heterocycles. The van der Waals surface area contributed by atoms with Gasteiger partial charge in [0.1, 0.15) is 22.8 Å². The van der Waals surface area contributed by atoms with Gasteiger partial charge >= 0.3 is 6.36 Å². The molecule has 0 saturated carbocycles. The van der Waals surface area contributed by atoms with E-state index in [0.717, 1.165) is 45.6 Å². The Morgan fingerprint density at radius 3 is 2.38 bits per heavy atom. The Balaban J connectivity index is 1.88. The number of rotatable bonds is 6. The monoisotopic (exact) mass is 447 g/mol. The topological polar surface area (TPSA) is 60.7 Å². The molecule has 3 aromatic rings. The SMILES string of the molecule is CCOc1c(/C(C)=C/C(=O)Nc2ccc(OC(F)(F)F)cc2)cc2c(C)c(C)oc2c1C. The molecule has 1 aromatic heterocycles. The van der Waals surface area contributed by atoms with Gasteiger partial charge in [0.2, 0.25) is 5.91 Å². The Kier molecular flexibility index (Phi) is 6.52. The highest BCUT2D eigenvalue weighted by molar-refractivity contribution is 6.05. The minimum atomic E-state index is -4.77. The average molecular weight is 447 g/mol. The van der Waals surface area contributed by atoms with Crippen molar-refractivity contribution in [3.8, 4) is 11.5 Å². The van der Waals surface area contributed by atoms with Gasteiger partial charge in [0.15, 0.2) is 0 Å². The first-order chi connectivity index (χ1) is 15.0. The lowest BCUT2D eigenvalue weighted by Gasteiger charge is -2.14. The van der Waals surface area contributed by atoms with Crippen molar-refractivity contribution in [1.29, 1.82) is 0 Å². The van der Waals surface area contributed by atoms with Crippen LogP contribution >= 0.6 is 0 Å². The van der Waals surface area contributed by atoms with Gasteiger partial charge in [-0.25, -0.2) is 0 Å². The van der Waals surface area contributed by atoms with Crippen LogP contribution in [0.2, 0.25) is 0 Å². The van der Waals surface area contributed by atoms with Gasteiger partial charge in [-0.1, -0.05) is 0 Å². The van der Waals surface area contributed by atoms with Crippen LogP contribution in [0.25, 0.3) is 16.5 Å². The first kappa shape index (κ1) is 23.2. The largest absolute Gasteiger partial charge is 0.573 e. The molecule has 0 aliphatic rings. The third kappa shape index (κ3) is 5.07. The summed E-state index contributed by atoms with van der Waals surface area (Å²) < 4.78 is 52.4. The van der Waals surface area contributed by atoms with Gasteiger partial charge in [0.25, 0.3) is 0 Å². The lowest BCUT2D eigenvalue weighted by atomic mass is 9.98. The first-order valence-corrected chi connectivity index (χ1v) is 10.0. The van der Waals surface area contributed by atoms with E-state index in [2.05, 4.69) is 10.1 Å². The number of amides is 1. The molecule has 0 unspecified atom stereocenters. The highest BCUT2D eigenvalue weighted by Crippen LogP contribution is 2.39. The highest BCUT2D eigenvalue weighted by atomic mass is 19.4. The van der Waals surface area contributed by atoms with Crippen molar-refractivity contribution in [1.82, 2.24) is 0 Å². The predicted molar refractivity (Wildman–Crippen MR) is 117 cm³/mol. The highest BCUT2D eigenvalue weighted by Gasteiger charge is 2.31. The summed E-state index contributed by atoms with van der Waals surface area (Å²) in [5.41, 5.74) is 4.41. The van der Waals surface area contributed by atoms with Gasteiger partial charge in [-0.3, -0.25) is 4.79 Å². The van der Waals surface area contributed by atoms with E-state index in [0.29, 0.717) is 23.6 Å². The Morgan fingerprint density at radius 2 is 1.78 bits per heavy atom. The number of hydrogen-bond donors (Lipinski definition) is 1. The molecule has 5 nitrogen and oxygen atoms in total. The van der Waals surface area contributed by atoms with E-state index in [9.17, 15) is 18.0 Å². The number of alkyl halides is 3. The molecule has 1 heterocycles. The second-order valence-electron chi connectivity index (χ2n) is 7.36. The summed E-state index contributed by atoms with van der Waals surface area (Å²) in [5.74, 6) is 0.675. The Labute approximate surface area is 183 Å². The summed E-state index contributed by atoms with van der Waals surface area (Å²) in [6, 6.07) is 6.88. The fourth-order valence-electron chi connectivity index (χ4n) is 3.43. The first-order valence-electron chi connectivity index (χ1n) is 10.0. The Bertz CT molecular complexity index is 1170. The molecular weight excluding hydrogens is 423 g/mol. The number of benzene rings is 2. The zero-order chi connectivity index (χ0) is 23.6. The summed E-state index contributed by atoms with van der Waals surface area (Å²) in [4.78, 5) is 12.5. The third-order valence-electron chi connectivity index (χ3n) is 5.06. The normalized spacial score (nSPS) is 12.2. The van der Waals surface area contributed by atoms with E-state index in [-0.39, 0.29) is 5.75 Å². The van der Waals surface area contributed by atoms with Crippen LogP contribution in [0.3, 0.4) is 0 Å². The molecule has 32 heavy (non-hydrogen) atoms. The lowest BCUT2D eigenvalue weighted by Crippen LogP contribution is -2.17. The summed E-state index contributed by atoms with van der Waals surface area (Å²) in [6.45, 7) is 9.91. The quantitative estimate of drug-likeness (QED) is 0.427. The minimum Gasteiger partial charge on any atom is -0.493 e. The molecule has 0 bridgehead atoms. The zero-order valence-corrected chi connectivity index (χ0v) is 18.4. The van der Waals surface area contributed by atoms with Crippen molar-refractivity contribution in [2.75, 3.05) is 11.9 Å². The molecular formula is C24H24F3NO4. The number of furan rings is 1. The standard InChI is InChI=1S/C24H24F3NO4/c1-6-30-22-15(4)23-20(14(3)16(5)31-23)12-19(22)13(2)11-21(29)28-17-7-9-18(10-8-17)32-24(25,26)27/h7-12H,6H2,1-5H3,(H,28,29)/b13-11+. The number of carbonyl (C=O) groups is 1. The maximum atomic E-state index is 12.5. The fraction of sp³-hybridized carbons (Fsp3) is 0.292. The minimum absolute atomic E-state index is 0.339. The van der Waals surface area contributed by atoms with Gasteiger partial charge in [0, 0.05) is 28.3 Å². The van der Waals surface area contributed by atoms with Gasteiger partial charge < -0.3 is 19.2 Å².